The molecule has 1 heterocycles. The van der Waals surface area contributed by atoms with E-state index < -0.39 is 11.5 Å². The van der Waals surface area contributed by atoms with Crippen molar-refractivity contribution in [1.29, 1.82) is 0 Å². The molecule has 0 N–H and O–H groups in total. The van der Waals surface area contributed by atoms with E-state index >= 15 is 0 Å². The SMILES string of the molecule is CC1(C)CCC(C(=O)On2nnc3ccccc3c2=O)C1. The number of benzene rings is 1. The Labute approximate surface area is 121 Å². The average molecular weight is 287 g/mol. The molecule has 0 aliphatic heterocycles. The molecule has 110 valence electrons. The number of carbonyl (C=O) groups is 1. The van der Waals surface area contributed by atoms with E-state index in [1.165, 1.54) is 0 Å². The monoisotopic (exact) mass is 287 g/mol. The second-order valence-corrected chi connectivity index (χ2v) is 6.30. The van der Waals surface area contributed by atoms with Crippen molar-refractivity contribution in [1.82, 2.24) is 15.2 Å². The fourth-order valence-corrected chi connectivity index (χ4v) is 2.83. The predicted octanol–water partition coefficient (Wildman–Crippen LogP) is 1.57. The molecule has 2 aromatic rings. The van der Waals surface area contributed by atoms with Gasteiger partial charge in [-0.2, -0.15) is 0 Å². The van der Waals surface area contributed by atoms with Crippen LogP contribution in [0.15, 0.2) is 29.1 Å². The van der Waals surface area contributed by atoms with E-state index in [0.717, 1.165) is 19.3 Å². The first-order valence-corrected chi connectivity index (χ1v) is 7.03. The molecule has 0 bridgehead atoms. The molecule has 1 aromatic heterocycles. The molecule has 1 aliphatic rings. The third-order valence-electron chi connectivity index (χ3n) is 4.02. The zero-order chi connectivity index (χ0) is 15.0. The summed E-state index contributed by atoms with van der Waals surface area (Å²) >= 11 is 0. The van der Waals surface area contributed by atoms with Crippen LogP contribution in [-0.4, -0.2) is 21.1 Å². The van der Waals surface area contributed by atoms with Gasteiger partial charge >= 0.3 is 11.5 Å². The third kappa shape index (κ3) is 2.66. The highest BCUT2D eigenvalue weighted by Gasteiger charge is 2.36. The van der Waals surface area contributed by atoms with Crippen molar-refractivity contribution in [2.45, 2.75) is 33.1 Å². The summed E-state index contributed by atoms with van der Waals surface area (Å²) in [6.45, 7) is 4.25. The van der Waals surface area contributed by atoms with Crippen LogP contribution < -0.4 is 10.4 Å². The highest BCUT2D eigenvalue weighted by atomic mass is 16.7. The van der Waals surface area contributed by atoms with Crippen molar-refractivity contribution in [2.75, 3.05) is 0 Å². The molecule has 3 rings (SSSR count). The van der Waals surface area contributed by atoms with E-state index in [1.54, 1.807) is 24.3 Å². The quantitative estimate of drug-likeness (QED) is 0.784. The maximum Gasteiger partial charge on any atom is 0.338 e. The van der Waals surface area contributed by atoms with Gasteiger partial charge in [0.05, 0.1) is 11.3 Å². The molecule has 1 aromatic carbocycles. The molecule has 6 heteroatoms. The summed E-state index contributed by atoms with van der Waals surface area (Å²) in [5.74, 6) is -0.590. The average Bonchev–Trinajstić information content (AvgIpc) is 2.82. The van der Waals surface area contributed by atoms with E-state index in [2.05, 4.69) is 24.2 Å². The van der Waals surface area contributed by atoms with Crippen molar-refractivity contribution in [3.05, 3.63) is 34.6 Å². The van der Waals surface area contributed by atoms with Gasteiger partial charge in [0.25, 0.3) is 0 Å². The lowest BCUT2D eigenvalue weighted by atomic mass is 9.91. The zero-order valence-corrected chi connectivity index (χ0v) is 12.1. The Morgan fingerprint density at radius 2 is 2.14 bits per heavy atom. The van der Waals surface area contributed by atoms with Crippen LogP contribution in [0, 0.1) is 11.3 Å². The van der Waals surface area contributed by atoms with Crippen LogP contribution in [0.4, 0.5) is 0 Å². The van der Waals surface area contributed by atoms with Crippen LogP contribution in [-0.2, 0) is 4.79 Å². The third-order valence-corrected chi connectivity index (χ3v) is 4.02. The smallest absolute Gasteiger partial charge is 0.314 e. The highest BCUT2D eigenvalue weighted by Crippen LogP contribution is 2.40. The topological polar surface area (TPSA) is 74.1 Å². The van der Waals surface area contributed by atoms with Gasteiger partial charge in [-0.3, -0.25) is 4.79 Å². The Bertz CT molecular complexity index is 751. The first-order chi connectivity index (χ1) is 9.96. The standard InChI is InChI=1S/C15H17N3O3/c1-15(2)8-7-10(9-15)14(20)21-18-13(19)11-5-3-4-6-12(11)16-17-18/h3-6,10H,7-9H2,1-2H3. The van der Waals surface area contributed by atoms with E-state index in [9.17, 15) is 9.59 Å². The van der Waals surface area contributed by atoms with Gasteiger partial charge in [-0.15, -0.1) is 5.10 Å². The Balaban J connectivity index is 1.84. The number of carbonyl (C=O) groups excluding carboxylic acids is 1. The maximum atomic E-state index is 12.2. The molecule has 21 heavy (non-hydrogen) atoms. The largest absolute Gasteiger partial charge is 0.338 e. The van der Waals surface area contributed by atoms with Gasteiger partial charge in [-0.1, -0.05) is 26.0 Å². The lowest BCUT2D eigenvalue weighted by Crippen LogP contribution is -2.36. The molecule has 1 aliphatic carbocycles. The molecule has 0 spiro atoms. The van der Waals surface area contributed by atoms with Crippen molar-refractivity contribution in [3.63, 3.8) is 0 Å². The molecular weight excluding hydrogens is 270 g/mol. The molecule has 0 amide bonds. The summed E-state index contributed by atoms with van der Waals surface area (Å²) in [6, 6.07) is 6.83. The van der Waals surface area contributed by atoms with Crippen LogP contribution in [0.3, 0.4) is 0 Å². The summed E-state index contributed by atoms with van der Waals surface area (Å²) < 4.78 is 0. The first-order valence-electron chi connectivity index (χ1n) is 7.03. The Kier molecular flexibility index (Phi) is 3.23. The number of fused-ring (bicyclic) bond motifs is 1. The molecule has 1 atom stereocenters. The molecule has 1 fully saturated rings. The summed E-state index contributed by atoms with van der Waals surface area (Å²) in [5.41, 5.74) is 0.159. The Morgan fingerprint density at radius 1 is 1.38 bits per heavy atom. The van der Waals surface area contributed by atoms with Crippen molar-refractivity contribution in [3.8, 4) is 0 Å². The normalized spacial score (nSPS) is 20.6. The van der Waals surface area contributed by atoms with E-state index in [0.29, 0.717) is 15.7 Å². The summed E-state index contributed by atoms with van der Waals surface area (Å²) in [7, 11) is 0. The van der Waals surface area contributed by atoms with Gasteiger partial charge in [-0.25, -0.2) is 4.79 Å². The van der Waals surface area contributed by atoms with Crippen LogP contribution in [0.5, 0.6) is 0 Å². The van der Waals surface area contributed by atoms with E-state index in [4.69, 9.17) is 4.84 Å². The second kappa shape index (κ2) is 4.95. The van der Waals surface area contributed by atoms with Gasteiger partial charge < -0.3 is 4.84 Å². The highest BCUT2D eigenvalue weighted by molar-refractivity contribution is 5.77. The van der Waals surface area contributed by atoms with Crippen LogP contribution >= 0.6 is 0 Å². The lowest BCUT2D eigenvalue weighted by molar-refractivity contribution is -0.151. The van der Waals surface area contributed by atoms with Crippen molar-refractivity contribution >= 4 is 16.9 Å². The van der Waals surface area contributed by atoms with Crippen LogP contribution in [0.25, 0.3) is 10.9 Å². The van der Waals surface area contributed by atoms with Gasteiger partial charge in [0.15, 0.2) is 0 Å². The van der Waals surface area contributed by atoms with E-state index in [-0.39, 0.29) is 11.3 Å². The second-order valence-electron chi connectivity index (χ2n) is 6.30. The number of nitrogens with zero attached hydrogens (tertiary/aromatic N) is 3. The fraction of sp³-hybridized carbons (Fsp3) is 0.467. The molecule has 0 radical (unpaired) electrons. The minimum atomic E-state index is -0.466. The minimum absolute atomic E-state index is 0.143. The van der Waals surface area contributed by atoms with Crippen LogP contribution in [0.2, 0.25) is 0 Å². The molecule has 1 unspecified atom stereocenters. The number of rotatable bonds is 2. The van der Waals surface area contributed by atoms with Gasteiger partial charge in [0, 0.05) is 0 Å². The van der Waals surface area contributed by atoms with Crippen molar-refractivity contribution < 1.29 is 9.63 Å². The summed E-state index contributed by atoms with van der Waals surface area (Å²) in [5, 5.41) is 7.93. The number of hydrogen-bond donors (Lipinski definition) is 0. The zero-order valence-electron chi connectivity index (χ0n) is 12.1. The van der Waals surface area contributed by atoms with Gasteiger partial charge in [-0.05, 0) is 46.9 Å². The van der Waals surface area contributed by atoms with E-state index in [1.807, 2.05) is 0 Å². The molecule has 0 saturated heterocycles. The number of aromatic nitrogens is 3. The maximum absolute atomic E-state index is 12.2. The Hall–Kier alpha value is -2.24. The lowest BCUT2D eigenvalue weighted by Gasteiger charge is -2.16. The summed E-state index contributed by atoms with van der Waals surface area (Å²) in [6.07, 6.45) is 2.52. The van der Waals surface area contributed by atoms with Gasteiger partial charge in [0.1, 0.15) is 5.52 Å². The minimum Gasteiger partial charge on any atom is -0.314 e. The predicted molar refractivity (Wildman–Crippen MR) is 76.5 cm³/mol. The van der Waals surface area contributed by atoms with Crippen LogP contribution in [0.1, 0.15) is 33.1 Å². The first kappa shape index (κ1) is 13.7. The Morgan fingerprint density at radius 3 is 2.86 bits per heavy atom. The fourth-order valence-electron chi connectivity index (χ4n) is 2.83. The van der Waals surface area contributed by atoms with Crippen molar-refractivity contribution in [2.24, 2.45) is 11.3 Å². The summed E-state index contributed by atoms with van der Waals surface area (Å²) in [4.78, 5) is 30.1. The number of hydrogen-bond acceptors (Lipinski definition) is 5. The van der Waals surface area contributed by atoms with Gasteiger partial charge in [0.2, 0.25) is 0 Å². The molecule has 1 saturated carbocycles. The molecular formula is C15H17N3O3. The molecule has 6 nitrogen and oxygen atoms in total.